The van der Waals surface area contributed by atoms with Gasteiger partial charge in [-0.2, -0.15) is 10.5 Å². The predicted molar refractivity (Wildman–Crippen MR) is 69.8 cm³/mol. The van der Waals surface area contributed by atoms with Crippen molar-refractivity contribution >= 4 is 5.91 Å². The number of hydrogen-bond acceptors (Lipinski definition) is 3. The van der Waals surface area contributed by atoms with Gasteiger partial charge in [0, 0.05) is 12.6 Å². The highest BCUT2D eigenvalue weighted by Gasteiger charge is 2.31. The molecule has 1 amide bonds. The first-order valence-corrected chi connectivity index (χ1v) is 6.40. The maximum Gasteiger partial charge on any atom is 0.227 e. The van der Waals surface area contributed by atoms with Crippen molar-refractivity contribution in [1.29, 1.82) is 10.5 Å². The van der Waals surface area contributed by atoms with Crippen LogP contribution in [0.4, 0.5) is 0 Å². The summed E-state index contributed by atoms with van der Waals surface area (Å²) in [5, 5.41) is 17.3. The maximum atomic E-state index is 12.2. The Hall–Kier alpha value is -2.33. The second-order valence-electron chi connectivity index (χ2n) is 4.71. The van der Waals surface area contributed by atoms with Crippen molar-refractivity contribution in [3.63, 3.8) is 0 Å². The molecule has 1 aromatic rings. The Balaban J connectivity index is 1.98. The van der Waals surface area contributed by atoms with E-state index in [1.807, 2.05) is 17.0 Å². The lowest BCUT2D eigenvalue weighted by molar-refractivity contribution is -0.131. The zero-order valence-corrected chi connectivity index (χ0v) is 10.7. The third-order valence-electron chi connectivity index (χ3n) is 3.21. The van der Waals surface area contributed by atoms with Gasteiger partial charge in [0.05, 0.1) is 30.5 Å². The first kappa shape index (κ1) is 13.1. The average Bonchev–Trinajstić information content (AvgIpc) is 3.25. The van der Waals surface area contributed by atoms with Crippen molar-refractivity contribution in [3.8, 4) is 12.1 Å². The van der Waals surface area contributed by atoms with Gasteiger partial charge in [0.25, 0.3) is 0 Å². The van der Waals surface area contributed by atoms with Gasteiger partial charge in [-0.3, -0.25) is 4.79 Å². The highest BCUT2D eigenvalue weighted by atomic mass is 16.2. The van der Waals surface area contributed by atoms with Crippen molar-refractivity contribution in [3.05, 3.63) is 35.4 Å². The molecule has 0 saturated heterocycles. The van der Waals surface area contributed by atoms with Gasteiger partial charge in [0.1, 0.15) is 0 Å². The number of rotatable bonds is 5. The zero-order chi connectivity index (χ0) is 13.7. The average molecular weight is 253 g/mol. The second kappa shape index (κ2) is 6.02. The number of nitrogens with zero attached hydrogens (tertiary/aromatic N) is 3. The normalized spacial score (nSPS) is 13.4. The number of hydrogen-bond donors (Lipinski definition) is 0. The molecule has 4 nitrogen and oxygen atoms in total. The molecular formula is C15H15N3O. The standard InChI is InChI=1S/C15H15N3O/c16-8-1-9-18(14-6-7-14)15(19)10-12-2-4-13(11-17)5-3-12/h2-5,14H,1,6-7,9-10H2. The Kier molecular flexibility index (Phi) is 4.15. The van der Waals surface area contributed by atoms with Gasteiger partial charge in [-0.15, -0.1) is 0 Å². The van der Waals surface area contributed by atoms with Crippen molar-refractivity contribution in [2.45, 2.75) is 31.7 Å². The molecule has 0 heterocycles. The molecule has 1 aromatic carbocycles. The molecule has 96 valence electrons. The molecule has 0 bridgehead atoms. The van der Waals surface area contributed by atoms with Crippen LogP contribution in [-0.4, -0.2) is 23.4 Å². The minimum Gasteiger partial charge on any atom is -0.338 e. The molecule has 2 rings (SSSR count). The van der Waals surface area contributed by atoms with Crippen LogP contribution in [0.2, 0.25) is 0 Å². The Morgan fingerprint density at radius 3 is 2.47 bits per heavy atom. The van der Waals surface area contributed by atoms with Crippen LogP contribution < -0.4 is 0 Å². The lowest BCUT2D eigenvalue weighted by Crippen LogP contribution is -2.35. The monoisotopic (exact) mass is 253 g/mol. The van der Waals surface area contributed by atoms with Crippen molar-refractivity contribution < 1.29 is 4.79 Å². The molecular weight excluding hydrogens is 238 g/mol. The molecule has 19 heavy (non-hydrogen) atoms. The molecule has 1 fully saturated rings. The minimum absolute atomic E-state index is 0.0717. The lowest BCUT2D eigenvalue weighted by atomic mass is 10.1. The SMILES string of the molecule is N#CCCN(C(=O)Cc1ccc(C#N)cc1)C1CC1. The fourth-order valence-electron chi connectivity index (χ4n) is 2.04. The molecule has 0 N–H and O–H groups in total. The summed E-state index contributed by atoms with van der Waals surface area (Å²) in [6.07, 6.45) is 2.82. The summed E-state index contributed by atoms with van der Waals surface area (Å²) in [5.41, 5.74) is 1.51. The van der Waals surface area contributed by atoms with Gasteiger partial charge in [0.15, 0.2) is 0 Å². The number of carbonyl (C=O) groups is 1. The van der Waals surface area contributed by atoms with Crippen LogP contribution in [0.1, 0.15) is 30.4 Å². The fraction of sp³-hybridized carbons (Fsp3) is 0.400. The van der Waals surface area contributed by atoms with E-state index in [0.717, 1.165) is 18.4 Å². The van der Waals surface area contributed by atoms with Gasteiger partial charge in [0.2, 0.25) is 5.91 Å². The van der Waals surface area contributed by atoms with E-state index in [9.17, 15) is 4.79 Å². The van der Waals surface area contributed by atoms with Crippen molar-refractivity contribution in [1.82, 2.24) is 4.90 Å². The Morgan fingerprint density at radius 2 is 1.95 bits per heavy atom. The summed E-state index contributed by atoms with van der Waals surface area (Å²) in [5.74, 6) is 0.0717. The summed E-state index contributed by atoms with van der Waals surface area (Å²) in [6.45, 7) is 0.524. The van der Waals surface area contributed by atoms with Gasteiger partial charge in [-0.1, -0.05) is 12.1 Å². The molecule has 0 spiro atoms. The summed E-state index contributed by atoms with van der Waals surface area (Å²) < 4.78 is 0. The van der Waals surface area contributed by atoms with Crippen LogP contribution in [0.25, 0.3) is 0 Å². The van der Waals surface area contributed by atoms with Crippen LogP contribution in [-0.2, 0) is 11.2 Å². The molecule has 0 atom stereocenters. The fourth-order valence-corrected chi connectivity index (χ4v) is 2.04. The zero-order valence-electron chi connectivity index (χ0n) is 10.7. The van der Waals surface area contributed by atoms with Gasteiger partial charge in [-0.05, 0) is 30.5 Å². The molecule has 4 heteroatoms. The largest absolute Gasteiger partial charge is 0.338 e. The topological polar surface area (TPSA) is 67.9 Å². The molecule has 1 aliphatic carbocycles. The highest BCUT2D eigenvalue weighted by Crippen LogP contribution is 2.27. The van der Waals surface area contributed by atoms with E-state index in [1.165, 1.54) is 0 Å². The predicted octanol–water partition coefficient (Wildman–Crippen LogP) is 2.01. The number of nitriles is 2. The van der Waals surface area contributed by atoms with E-state index < -0.39 is 0 Å². The van der Waals surface area contributed by atoms with Gasteiger partial charge < -0.3 is 4.90 Å². The second-order valence-corrected chi connectivity index (χ2v) is 4.71. The van der Waals surface area contributed by atoms with Crippen LogP contribution in [0.3, 0.4) is 0 Å². The Bertz CT molecular complexity index is 532. The molecule has 0 radical (unpaired) electrons. The highest BCUT2D eigenvalue weighted by molar-refractivity contribution is 5.79. The van der Waals surface area contributed by atoms with E-state index in [4.69, 9.17) is 10.5 Å². The van der Waals surface area contributed by atoms with E-state index >= 15 is 0 Å². The molecule has 0 aromatic heterocycles. The summed E-state index contributed by atoms with van der Waals surface area (Å²) in [4.78, 5) is 14.0. The van der Waals surface area contributed by atoms with E-state index in [-0.39, 0.29) is 5.91 Å². The van der Waals surface area contributed by atoms with E-state index in [0.29, 0.717) is 31.0 Å². The summed E-state index contributed by atoms with van der Waals surface area (Å²) >= 11 is 0. The minimum atomic E-state index is 0.0717. The van der Waals surface area contributed by atoms with E-state index in [1.54, 1.807) is 12.1 Å². The molecule has 0 unspecified atom stereocenters. The Labute approximate surface area is 112 Å². The quantitative estimate of drug-likeness (QED) is 0.806. The Morgan fingerprint density at radius 1 is 1.26 bits per heavy atom. The summed E-state index contributed by atoms with van der Waals surface area (Å²) in [7, 11) is 0. The lowest BCUT2D eigenvalue weighted by Gasteiger charge is -2.21. The molecule has 0 aliphatic heterocycles. The maximum absolute atomic E-state index is 12.2. The smallest absolute Gasteiger partial charge is 0.227 e. The number of carbonyl (C=O) groups excluding carboxylic acids is 1. The number of benzene rings is 1. The summed E-state index contributed by atoms with van der Waals surface area (Å²) in [6, 6.07) is 11.5. The number of amides is 1. The van der Waals surface area contributed by atoms with Crippen molar-refractivity contribution in [2.75, 3.05) is 6.54 Å². The first-order chi connectivity index (χ1) is 9.24. The first-order valence-electron chi connectivity index (χ1n) is 6.40. The molecule has 1 aliphatic rings. The van der Waals surface area contributed by atoms with E-state index in [2.05, 4.69) is 12.1 Å². The molecule has 1 saturated carbocycles. The van der Waals surface area contributed by atoms with Crippen molar-refractivity contribution in [2.24, 2.45) is 0 Å². The van der Waals surface area contributed by atoms with Gasteiger partial charge >= 0.3 is 0 Å². The third kappa shape index (κ3) is 3.56. The van der Waals surface area contributed by atoms with Gasteiger partial charge in [-0.25, -0.2) is 0 Å². The third-order valence-corrected chi connectivity index (χ3v) is 3.21. The van der Waals surface area contributed by atoms with Crippen LogP contribution in [0.5, 0.6) is 0 Å². The van der Waals surface area contributed by atoms with Crippen LogP contribution in [0, 0.1) is 22.7 Å². The van der Waals surface area contributed by atoms with Crippen LogP contribution >= 0.6 is 0 Å². The van der Waals surface area contributed by atoms with Crippen LogP contribution in [0.15, 0.2) is 24.3 Å².